The minimum absolute atomic E-state index is 0.0983. The summed E-state index contributed by atoms with van der Waals surface area (Å²) in [5, 5.41) is 3.92. The van der Waals surface area contributed by atoms with Crippen molar-refractivity contribution in [2.45, 2.75) is 31.6 Å². The Bertz CT molecular complexity index is 1220. The molecular formula is C21H22FN3O5S2. The summed E-state index contributed by atoms with van der Waals surface area (Å²) < 4.78 is 51.5. The van der Waals surface area contributed by atoms with Crippen LogP contribution in [0, 0.1) is 18.7 Å². The number of sulfonamides is 1. The summed E-state index contributed by atoms with van der Waals surface area (Å²) in [6.07, 6.45) is 1.19. The van der Waals surface area contributed by atoms with E-state index in [9.17, 15) is 17.6 Å². The Morgan fingerprint density at radius 1 is 1.34 bits per heavy atom. The van der Waals surface area contributed by atoms with Gasteiger partial charge in [0.05, 0.1) is 22.3 Å². The number of piperidine rings is 1. The SMILES string of the molecule is CCOC(=O)C1CCCN(S(=O)(=O)c2cc(-c3nc(-c4ccc(F)cc4)no3)sc2C)C1. The lowest BCUT2D eigenvalue weighted by molar-refractivity contribution is -0.149. The van der Waals surface area contributed by atoms with Crippen LogP contribution in [-0.2, 0) is 19.6 Å². The maximum atomic E-state index is 13.3. The minimum atomic E-state index is -3.81. The summed E-state index contributed by atoms with van der Waals surface area (Å²) in [5.41, 5.74) is 0.584. The van der Waals surface area contributed by atoms with Crippen LogP contribution in [0.15, 0.2) is 39.8 Å². The second-order valence-electron chi connectivity index (χ2n) is 7.42. The molecule has 2 aromatic heterocycles. The van der Waals surface area contributed by atoms with Crippen LogP contribution in [0.4, 0.5) is 4.39 Å². The average Bonchev–Trinajstić information content (AvgIpc) is 3.42. The molecule has 170 valence electrons. The number of hydrogen-bond donors (Lipinski definition) is 0. The molecule has 1 unspecified atom stereocenters. The Morgan fingerprint density at radius 2 is 2.09 bits per heavy atom. The monoisotopic (exact) mass is 479 g/mol. The third kappa shape index (κ3) is 4.45. The first-order valence-electron chi connectivity index (χ1n) is 10.2. The molecule has 32 heavy (non-hydrogen) atoms. The van der Waals surface area contributed by atoms with Crippen LogP contribution in [0.1, 0.15) is 24.6 Å². The Hall–Kier alpha value is -2.63. The number of halogens is 1. The van der Waals surface area contributed by atoms with Gasteiger partial charge in [-0.2, -0.15) is 9.29 Å². The van der Waals surface area contributed by atoms with Gasteiger partial charge in [-0.15, -0.1) is 11.3 Å². The van der Waals surface area contributed by atoms with E-state index in [1.165, 1.54) is 46.0 Å². The highest BCUT2D eigenvalue weighted by Crippen LogP contribution is 2.36. The van der Waals surface area contributed by atoms with Crippen molar-refractivity contribution in [3.05, 3.63) is 41.0 Å². The van der Waals surface area contributed by atoms with E-state index in [2.05, 4.69) is 10.1 Å². The Labute approximate surface area is 189 Å². The van der Waals surface area contributed by atoms with Crippen molar-refractivity contribution in [3.8, 4) is 22.2 Å². The third-order valence-corrected chi connectivity index (χ3v) is 8.39. The van der Waals surface area contributed by atoms with Gasteiger partial charge < -0.3 is 9.26 Å². The molecule has 8 nitrogen and oxygen atoms in total. The number of aryl methyl sites for hydroxylation is 1. The molecule has 1 saturated heterocycles. The van der Waals surface area contributed by atoms with Gasteiger partial charge in [0.15, 0.2) is 0 Å². The second kappa shape index (κ2) is 9.08. The number of nitrogens with zero attached hydrogens (tertiary/aromatic N) is 3. The Kier molecular flexibility index (Phi) is 6.40. The van der Waals surface area contributed by atoms with Gasteiger partial charge in [0.25, 0.3) is 5.89 Å². The van der Waals surface area contributed by atoms with Gasteiger partial charge in [-0.1, -0.05) is 5.16 Å². The molecule has 3 aromatic rings. The first kappa shape index (κ1) is 22.6. The van der Waals surface area contributed by atoms with E-state index < -0.39 is 15.9 Å². The molecule has 0 amide bonds. The van der Waals surface area contributed by atoms with Crippen LogP contribution in [0.5, 0.6) is 0 Å². The number of hydrogen-bond acceptors (Lipinski definition) is 8. The van der Waals surface area contributed by atoms with Crippen molar-refractivity contribution < 1.29 is 26.9 Å². The zero-order chi connectivity index (χ0) is 22.9. The van der Waals surface area contributed by atoms with Crippen LogP contribution < -0.4 is 0 Å². The van der Waals surface area contributed by atoms with Crippen LogP contribution in [0.2, 0.25) is 0 Å². The number of thiophene rings is 1. The zero-order valence-electron chi connectivity index (χ0n) is 17.6. The van der Waals surface area contributed by atoms with Gasteiger partial charge in [-0.25, -0.2) is 12.8 Å². The standard InChI is InChI=1S/C21H22FN3O5S2/c1-3-29-21(26)15-5-4-10-25(12-15)32(27,28)18-11-17(31-13(18)2)20-23-19(24-30-20)14-6-8-16(22)9-7-14/h6-9,11,15H,3-5,10,12H2,1-2H3. The molecule has 3 heterocycles. The smallest absolute Gasteiger partial charge is 0.310 e. The summed E-state index contributed by atoms with van der Waals surface area (Å²) in [5.74, 6) is -0.741. The molecule has 11 heteroatoms. The van der Waals surface area contributed by atoms with Crippen molar-refractivity contribution in [3.63, 3.8) is 0 Å². The molecule has 1 aliphatic heterocycles. The quantitative estimate of drug-likeness (QED) is 0.495. The molecule has 1 aromatic carbocycles. The number of esters is 1. The number of aromatic nitrogens is 2. The number of ether oxygens (including phenoxy) is 1. The van der Waals surface area contributed by atoms with E-state index in [1.807, 2.05) is 0 Å². The Morgan fingerprint density at radius 3 is 2.81 bits per heavy atom. The van der Waals surface area contributed by atoms with E-state index in [0.29, 0.717) is 34.7 Å². The van der Waals surface area contributed by atoms with Gasteiger partial charge in [0.1, 0.15) is 5.82 Å². The molecule has 0 radical (unpaired) electrons. The highest BCUT2D eigenvalue weighted by Gasteiger charge is 2.35. The predicted octanol–water partition coefficient (Wildman–Crippen LogP) is 3.88. The fraction of sp³-hybridized carbons (Fsp3) is 0.381. The Balaban J connectivity index is 1.58. The molecule has 1 atom stereocenters. The lowest BCUT2D eigenvalue weighted by Gasteiger charge is -2.30. The number of carbonyl (C=O) groups excluding carboxylic acids is 1. The molecule has 0 bridgehead atoms. The van der Waals surface area contributed by atoms with E-state index >= 15 is 0 Å². The van der Waals surface area contributed by atoms with E-state index in [0.717, 1.165) is 0 Å². The fourth-order valence-electron chi connectivity index (χ4n) is 3.62. The minimum Gasteiger partial charge on any atom is -0.466 e. The van der Waals surface area contributed by atoms with E-state index in [-0.39, 0.29) is 41.5 Å². The molecule has 4 rings (SSSR count). The summed E-state index contributed by atoms with van der Waals surface area (Å²) in [6, 6.07) is 7.19. The van der Waals surface area contributed by atoms with Crippen LogP contribution in [0.3, 0.4) is 0 Å². The maximum Gasteiger partial charge on any atom is 0.310 e. The van der Waals surface area contributed by atoms with Crippen molar-refractivity contribution in [1.29, 1.82) is 0 Å². The van der Waals surface area contributed by atoms with Gasteiger partial charge in [0.2, 0.25) is 15.8 Å². The normalized spacial score (nSPS) is 17.4. The average molecular weight is 480 g/mol. The van der Waals surface area contributed by atoms with Gasteiger partial charge in [-0.05, 0) is 57.0 Å². The summed E-state index contributed by atoms with van der Waals surface area (Å²) in [4.78, 5) is 17.7. The van der Waals surface area contributed by atoms with Crippen molar-refractivity contribution in [1.82, 2.24) is 14.4 Å². The molecular weight excluding hydrogens is 457 g/mol. The van der Waals surface area contributed by atoms with E-state index in [1.54, 1.807) is 13.8 Å². The summed E-state index contributed by atoms with van der Waals surface area (Å²) in [6.45, 7) is 4.15. The fourth-order valence-corrected chi connectivity index (χ4v) is 6.62. The van der Waals surface area contributed by atoms with Crippen LogP contribution in [0.25, 0.3) is 22.2 Å². The predicted molar refractivity (Wildman–Crippen MR) is 116 cm³/mol. The molecule has 0 aliphatic carbocycles. The van der Waals surface area contributed by atoms with E-state index in [4.69, 9.17) is 9.26 Å². The largest absolute Gasteiger partial charge is 0.466 e. The van der Waals surface area contributed by atoms with Gasteiger partial charge >= 0.3 is 5.97 Å². The van der Waals surface area contributed by atoms with Crippen molar-refractivity contribution in [2.75, 3.05) is 19.7 Å². The number of carbonyl (C=O) groups is 1. The number of rotatable bonds is 6. The summed E-state index contributed by atoms with van der Waals surface area (Å²) >= 11 is 1.23. The number of benzene rings is 1. The lowest BCUT2D eigenvalue weighted by atomic mass is 10.0. The van der Waals surface area contributed by atoms with Crippen molar-refractivity contribution in [2.24, 2.45) is 5.92 Å². The molecule has 0 saturated carbocycles. The summed E-state index contributed by atoms with van der Waals surface area (Å²) in [7, 11) is -3.81. The van der Waals surface area contributed by atoms with Gasteiger partial charge in [0, 0.05) is 23.5 Å². The lowest BCUT2D eigenvalue weighted by Crippen LogP contribution is -2.42. The third-order valence-electron chi connectivity index (χ3n) is 5.23. The highest BCUT2D eigenvalue weighted by molar-refractivity contribution is 7.89. The topological polar surface area (TPSA) is 103 Å². The first-order chi connectivity index (χ1) is 15.3. The van der Waals surface area contributed by atoms with Gasteiger partial charge in [-0.3, -0.25) is 4.79 Å². The van der Waals surface area contributed by atoms with Crippen LogP contribution in [-0.4, -0.2) is 48.5 Å². The first-order valence-corrected chi connectivity index (χ1v) is 12.4. The highest BCUT2D eigenvalue weighted by atomic mass is 32.2. The molecule has 0 N–H and O–H groups in total. The molecule has 1 fully saturated rings. The molecule has 0 spiro atoms. The zero-order valence-corrected chi connectivity index (χ0v) is 19.2. The maximum absolute atomic E-state index is 13.3. The van der Waals surface area contributed by atoms with Crippen molar-refractivity contribution >= 4 is 27.3 Å². The van der Waals surface area contributed by atoms with Crippen LogP contribution >= 0.6 is 11.3 Å². The second-order valence-corrected chi connectivity index (χ2v) is 10.6. The molecule has 1 aliphatic rings.